The predicted octanol–water partition coefficient (Wildman–Crippen LogP) is 2.29. The van der Waals surface area contributed by atoms with Crippen molar-refractivity contribution in [2.24, 2.45) is 7.05 Å². The van der Waals surface area contributed by atoms with Gasteiger partial charge in [0, 0.05) is 19.8 Å². The highest BCUT2D eigenvalue weighted by atomic mass is 16.5. The maximum absolute atomic E-state index is 13.0. The highest BCUT2D eigenvalue weighted by Crippen LogP contribution is 2.35. The minimum atomic E-state index is -0.504. The number of nitrogens with zero attached hydrogens (tertiary/aromatic N) is 2. The Morgan fingerprint density at radius 1 is 1.35 bits per heavy atom. The summed E-state index contributed by atoms with van der Waals surface area (Å²) in [6, 6.07) is 9.49. The number of amides is 1. The zero-order valence-corrected chi connectivity index (χ0v) is 13.7. The van der Waals surface area contributed by atoms with Gasteiger partial charge in [-0.25, -0.2) is 0 Å². The van der Waals surface area contributed by atoms with Crippen molar-refractivity contribution in [1.82, 2.24) is 9.47 Å². The van der Waals surface area contributed by atoms with Crippen LogP contribution < -0.4 is 4.74 Å². The molecule has 2 aromatic rings. The molecule has 1 aromatic carbocycles. The summed E-state index contributed by atoms with van der Waals surface area (Å²) in [5.74, 6) is 0.714. The maximum atomic E-state index is 13.0. The van der Waals surface area contributed by atoms with Gasteiger partial charge in [0.25, 0.3) is 5.91 Å². The molecule has 0 spiro atoms. The summed E-state index contributed by atoms with van der Waals surface area (Å²) in [6.45, 7) is 2.28. The van der Waals surface area contributed by atoms with Crippen molar-refractivity contribution in [2.75, 3.05) is 13.7 Å². The van der Waals surface area contributed by atoms with Crippen LogP contribution in [0.1, 0.15) is 34.1 Å². The third kappa shape index (κ3) is 2.84. The molecular weight excluding hydrogens is 292 g/mol. The number of hydrogen-bond acceptors (Lipinski definition) is 3. The number of aliphatic hydroxyl groups is 1. The van der Waals surface area contributed by atoms with E-state index in [1.54, 1.807) is 12.0 Å². The van der Waals surface area contributed by atoms with Crippen LogP contribution in [0.15, 0.2) is 36.5 Å². The van der Waals surface area contributed by atoms with Gasteiger partial charge in [0.1, 0.15) is 11.4 Å². The molecule has 2 atom stereocenters. The third-order valence-corrected chi connectivity index (χ3v) is 4.50. The second kappa shape index (κ2) is 6.08. The van der Waals surface area contributed by atoms with Gasteiger partial charge in [-0.05, 0) is 42.7 Å². The minimum absolute atomic E-state index is 0.0423. The Bertz CT molecular complexity index is 703. The topological polar surface area (TPSA) is 54.7 Å². The molecule has 0 unspecified atom stereocenters. The number of carbonyl (C=O) groups excluding carboxylic acids is 1. The molecular formula is C18H22N2O3. The summed E-state index contributed by atoms with van der Waals surface area (Å²) in [5, 5.41) is 10.1. The summed E-state index contributed by atoms with van der Waals surface area (Å²) in [7, 11) is 3.49. The Morgan fingerprint density at radius 3 is 2.78 bits per heavy atom. The van der Waals surface area contributed by atoms with Gasteiger partial charge in [0.15, 0.2) is 0 Å². The average molecular weight is 314 g/mol. The lowest BCUT2D eigenvalue weighted by Gasteiger charge is -2.25. The number of benzene rings is 1. The SMILES string of the molecule is COc1cccc([C@@H]2C[C@H](O)CN2C(=O)c2c(C)ccn2C)c1. The Kier molecular flexibility index (Phi) is 4.13. The van der Waals surface area contributed by atoms with E-state index in [1.165, 1.54) is 0 Å². The van der Waals surface area contributed by atoms with Crippen LogP contribution in [0, 0.1) is 6.92 Å². The fourth-order valence-electron chi connectivity index (χ4n) is 3.31. The van der Waals surface area contributed by atoms with E-state index in [4.69, 9.17) is 4.74 Å². The van der Waals surface area contributed by atoms with Crippen LogP contribution >= 0.6 is 0 Å². The number of β-amino-alcohol motifs (C(OH)–C–C–N with tert-alkyl or cyclic N) is 1. The number of carbonyl (C=O) groups is 1. The maximum Gasteiger partial charge on any atom is 0.271 e. The zero-order valence-electron chi connectivity index (χ0n) is 13.7. The van der Waals surface area contributed by atoms with Gasteiger partial charge in [0.2, 0.25) is 0 Å². The van der Waals surface area contributed by atoms with Gasteiger partial charge in [-0.2, -0.15) is 0 Å². The van der Waals surface area contributed by atoms with E-state index < -0.39 is 6.10 Å². The van der Waals surface area contributed by atoms with Crippen LogP contribution in [0.2, 0.25) is 0 Å². The van der Waals surface area contributed by atoms with Crippen LogP contribution in [0.4, 0.5) is 0 Å². The van der Waals surface area contributed by atoms with E-state index in [2.05, 4.69) is 0 Å². The molecule has 0 aliphatic carbocycles. The van der Waals surface area contributed by atoms with Gasteiger partial charge >= 0.3 is 0 Å². The van der Waals surface area contributed by atoms with Crippen molar-refractivity contribution in [3.05, 3.63) is 53.3 Å². The quantitative estimate of drug-likeness (QED) is 0.946. The molecule has 1 aliphatic heterocycles. The number of hydrogen-bond donors (Lipinski definition) is 1. The van der Waals surface area contributed by atoms with Crippen molar-refractivity contribution in [3.8, 4) is 5.75 Å². The van der Waals surface area contributed by atoms with Crippen molar-refractivity contribution < 1.29 is 14.6 Å². The van der Waals surface area contributed by atoms with Crippen LogP contribution in [-0.4, -0.2) is 40.2 Å². The van der Waals surface area contributed by atoms with Crippen LogP contribution in [0.5, 0.6) is 5.75 Å². The second-order valence-electron chi connectivity index (χ2n) is 6.10. The highest BCUT2D eigenvalue weighted by molar-refractivity contribution is 5.94. The molecule has 1 N–H and O–H groups in total. The number of aryl methyl sites for hydroxylation is 2. The smallest absolute Gasteiger partial charge is 0.271 e. The summed E-state index contributed by atoms with van der Waals surface area (Å²) < 4.78 is 7.12. The number of aromatic nitrogens is 1. The Labute approximate surface area is 136 Å². The lowest BCUT2D eigenvalue weighted by molar-refractivity contribution is 0.0705. The van der Waals surface area contributed by atoms with E-state index >= 15 is 0 Å². The number of rotatable bonds is 3. The molecule has 1 aliphatic rings. The first-order valence-electron chi connectivity index (χ1n) is 7.76. The van der Waals surface area contributed by atoms with Gasteiger partial charge in [-0.3, -0.25) is 4.79 Å². The van der Waals surface area contributed by atoms with Gasteiger partial charge in [-0.1, -0.05) is 12.1 Å². The molecule has 1 amide bonds. The molecule has 3 rings (SSSR count). The van der Waals surface area contributed by atoms with Gasteiger partial charge in [-0.15, -0.1) is 0 Å². The van der Waals surface area contributed by atoms with Crippen LogP contribution in [0.25, 0.3) is 0 Å². The lowest BCUT2D eigenvalue weighted by Crippen LogP contribution is -2.33. The monoisotopic (exact) mass is 314 g/mol. The molecule has 0 saturated carbocycles. The molecule has 0 bridgehead atoms. The van der Waals surface area contributed by atoms with E-state index in [9.17, 15) is 9.90 Å². The number of ether oxygens (including phenoxy) is 1. The second-order valence-corrected chi connectivity index (χ2v) is 6.10. The third-order valence-electron chi connectivity index (χ3n) is 4.50. The largest absolute Gasteiger partial charge is 0.497 e. The fourth-order valence-corrected chi connectivity index (χ4v) is 3.31. The predicted molar refractivity (Wildman–Crippen MR) is 87.5 cm³/mol. The lowest BCUT2D eigenvalue weighted by atomic mass is 10.0. The molecule has 1 saturated heterocycles. The standard InChI is InChI=1S/C18H22N2O3/c1-12-7-8-19(2)17(12)18(22)20-11-14(21)10-16(20)13-5-4-6-15(9-13)23-3/h4-9,14,16,21H,10-11H2,1-3H3/t14-,16-/m0/s1. The number of aliphatic hydroxyl groups excluding tert-OH is 1. The molecule has 23 heavy (non-hydrogen) atoms. The molecule has 2 heterocycles. The van der Waals surface area contributed by atoms with E-state index in [0.29, 0.717) is 18.7 Å². The summed E-state index contributed by atoms with van der Waals surface area (Å²) in [6.07, 6.45) is 1.92. The minimum Gasteiger partial charge on any atom is -0.497 e. The number of likely N-dealkylation sites (tertiary alicyclic amines) is 1. The Hall–Kier alpha value is -2.27. The van der Waals surface area contributed by atoms with Crippen molar-refractivity contribution in [2.45, 2.75) is 25.5 Å². The summed E-state index contributed by atoms with van der Waals surface area (Å²) >= 11 is 0. The molecule has 5 nitrogen and oxygen atoms in total. The van der Waals surface area contributed by atoms with Crippen molar-refractivity contribution in [3.63, 3.8) is 0 Å². The number of methoxy groups -OCH3 is 1. The van der Waals surface area contributed by atoms with Crippen molar-refractivity contribution >= 4 is 5.91 Å². The van der Waals surface area contributed by atoms with Crippen molar-refractivity contribution in [1.29, 1.82) is 0 Å². The fraction of sp³-hybridized carbons (Fsp3) is 0.389. The Balaban J connectivity index is 1.95. The first-order valence-corrected chi connectivity index (χ1v) is 7.76. The van der Waals surface area contributed by atoms with Crippen LogP contribution in [0.3, 0.4) is 0 Å². The first kappa shape index (κ1) is 15.6. The Morgan fingerprint density at radius 2 is 2.13 bits per heavy atom. The molecule has 1 aromatic heterocycles. The highest BCUT2D eigenvalue weighted by Gasteiger charge is 2.37. The first-order chi connectivity index (χ1) is 11.0. The molecule has 5 heteroatoms. The van der Waals surface area contributed by atoms with E-state index in [1.807, 2.05) is 55.1 Å². The normalized spacial score (nSPS) is 20.8. The summed E-state index contributed by atoms with van der Waals surface area (Å²) in [5.41, 5.74) is 2.61. The van der Waals surface area contributed by atoms with Gasteiger partial charge in [0.05, 0.1) is 19.3 Å². The van der Waals surface area contributed by atoms with E-state index in [-0.39, 0.29) is 11.9 Å². The average Bonchev–Trinajstić information content (AvgIpc) is 3.09. The van der Waals surface area contributed by atoms with E-state index in [0.717, 1.165) is 16.9 Å². The van der Waals surface area contributed by atoms with Crippen LogP contribution in [-0.2, 0) is 7.05 Å². The molecule has 0 radical (unpaired) electrons. The van der Waals surface area contributed by atoms with Gasteiger partial charge < -0.3 is 19.3 Å². The zero-order chi connectivity index (χ0) is 16.6. The summed E-state index contributed by atoms with van der Waals surface area (Å²) in [4.78, 5) is 14.8. The molecule has 122 valence electrons. The molecule has 1 fully saturated rings.